The fourth-order valence-electron chi connectivity index (χ4n) is 4.67. The van der Waals surface area contributed by atoms with Crippen LogP contribution in [0.25, 0.3) is 11.3 Å². The summed E-state index contributed by atoms with van der Waals surface area (Å²) in [4.78, 5) is 27.7. The molecular weight excluding hydrogens is 470 g/mol. The van der Waals surface area contributed by atoms with Crippen molar-refractivity contribution in [2.45, 2.75) is 19.9 Å². The van der Waals surface area contributed by atoms with Crippen molar-refractivity contribution < 1.29 is 23.8 Å². The van der Waals surface area contributed by atoms with Crippen LogP contribution in [0, 0.1) is 0 Å². The van der Waals surface area contributed by atoms with E-state index in [0.29, 0.717) is 35.0 Å². The first-order chi connectivity index (χ1) is 18.1. The smallest absolute Gasteiger partial charge is 0.338 e. The van der Waals surface area contributed by atoms with Gasteiger partial charge >= 0.3 is 5.97 Å². The molecule has 1 N–H and O–H groups in total. The molecule has 0 saturated heterocycles. The number of aromatic amines is 1. The summed E-state index contributed by atoms with van der Waals surface area (Å²) in [6.07, 6.45) is 0. The Balaban J connectivity index is 1.63. The molecule has 188 valence electrons. The number of amides is 1. The predicted molar refractivity (Wildman–Crippen MR) is 139 cm³/mol. The molecule has 0 bridgehead atoms. The van der Waals surface area contributed by atoms with E-state index in [0.717, 1.165) is 22.4 Å². The number of carbonyl (C=O) groups excluding carboxylic acids is 2. The Bertz CT molecular complexity index is 1430. The zero-order valence-corrected chi connectivity index (χ0v) is 20.9. The number of para-hydroxylation sites is 1. The monoisotopic (exact) mass is 497 g/mol. The Kier molecular flexibility index (Phi) is 6.64. The van der Waals surface area contributed by atoms with Crippen LogP contribution in [0.5, 0.6) is 11.5 Å². The molecule has 37 heavy (non-hydrogen) atoms. The van der Waals surface area contributed by atoms with E-state index in [9.17, 15) is 9.59 Å². The van der Waals surface area contributed by atoms with Gasteiger partial charge in [0.05, 0.1) is 37.6 Å². The number of benzene rings is 3. The van der Waals surface area contributed by atoms with Crippen LogP contribution in [0.3, 0.4) is 0 Å². The van der Waals surface area contributed by atoms with Gasteiger partial charge in [-0.1, -0.05) is 18.2 Å². The number of aromatic nitrogens is 2. The van der Waals surface area contributed by atoms with Gasteiger partial charge in [-0.25, -0.2) is 4.79 Å². The first-order valence-electron chi connectivity index (χ1n) is 12.1. The van der Waals surface area contributed by atoms with Gasteiger partial charge in [0.1, 0.15) is 17.2 Å². The maximum absolute atomic E-state index is 13.8. The topological polar surface area (TPSA) is 93.8 Å². The zero-order valence-electron chi connectivity index (χ0n) is 20.9. The SMILES string of the molecule is CCOC(=O)c1ccc(N2C(=O)c3[nH]nc(-c4ccc(OCC)cc4)c3C2c2ccccc2OC)cc1. The lowest BCUT2D eigenvalue weighted by molar-refractivity contribution is 0.0526. The highest BCUT2D eigenvalue weighted by molar-refractivity contribution is 6.12. The minimum Gasteiger partial charge on any atom is -0.496 e. The molecule has 4 aromatic rings. The van der Waals surface area contributed by atoms with Gasteiger partial charge in [0.15, 0.2) is 0 Å². The molecule has 0 radical (unpaired) electrons. The van der Waals surface area contributed by atoms with E-state index in [4.69, 9.17) is 14.2 Å². The number of anilines is 1. The fourth-order valence-corrected chi connectivity index (χ4v) is 4.67. The number of nitrogens with zero attached hydrogens (tertiary/aromatic N) is 2. The normalized spacial score (nSPS) is 14.4. The summed E-state index contributed by atoms with van der Waals surface area (Å²) in [6, 6.07) is 21.6. The number of methoxy groups -OCH3 is 1. The first-order valence-corrected chi connectivity index (χ1v) is 12.1. The van der Waals surface area contributed by atoms with Gasteiger partial charge in [-0.15, -0.1) is 0 Å². The van der Waals surface area contributed by atoms with Crippen molar-refractivity contribution in [3.63, 3.8) is 0 Å². The highest BCUT2D eigenvalue weighted by Gasteiger charge is 2.44. The molecular formula is C29H27N3O5. The van der Waals surface area contributed by atoms with Crippen molar-refractivity contribution in [2.75, 3.05) is 25.2 Å². The molecule has 8 nitrogen and oxygen atoms in total. The van der Waals surface area contributed by atoms with Crippen molar-refractivity contribution in [2.24, 2.45) is 0 Å². The largest absolute Gasteiger partial charge is 0.496 e. The maximum atomic E-state index is 13.8. The number of ether oxygens (including phenoxy) is 3. The van der Waals surface area contributed by atoms with E-state index < -0.39 is 12.0 Å². The number of fused-ring (bicyclic) bond motifs is 1. The molecule has 8 heteroatoms. The lowest BCUT2D eigenvalue weighted by Crippen LogP contribution is -2.29. The number of rotatable bonds is 8. The molecule has 1 aliphatic heterocycles. The van der Waals surface area contributed by atoms with E-state index in [1.807, 2.05) is 55.5 Å². The van der Waals surface area contributed by atoms with E-state index >= 15 is 0 Å². The standard InChI is InChI=1S/C29H27N3O5/c1-4-36-21-16-12-18(13-17-21)25-24-26(31-30-25)28(33)32(27(24)22-8-6-7-9-23(22)35-3)20-14-10-19(11-15-20)29(34)37-5-2/h6-17,27H,4-5H2,1-3H3,(H,30,31). The average molecular weight is 498 g/mol. The van der Waals surface area contributed by atoms with Crippen molar-refractivity contribution >= 4 is 17.6 Å². The molecule has 0 fully saturated rings. The molecule has 1 atom stereocenters. The molecule has 1 amide bonds. The van der Waals surface area contributed by atoms with Crippen LogP contribution in [0.2, 0.25) is 0 Å². The summed E-state index contributed by atoms with van der Waals surface area (Å²) in [6.45, 7) is 4.56. The van der Waals surface area contributed by atoms with Gasteiger partial charge in [0.25, 0.3) is 5.91 Å². The van der Waals surface area contributed by atoms with Gasteiger partial charge in [0, 0.05) is 22.4 Å². The average Bonchev–Trinajstić information content (AvgIpc) is 3.48. The van der Waals surface area contributed by atoms with Crippen molar-refractivity contribution in [1.29, 1.82) is 0 Å². The Labute approximate surface area is 214 Å². The quantitative estimate of drug-likeness (QED) is 0.327. The lowest BCUT2D eigenvalue weighted by Gasteiger charge is -2.27. The predicted octanol–water partition coefficient (Wildman–Crippen LogP) is 5.41. The second-order valence-corrected chi connectivity index (χ2v) is 8.41. The number of hydrogen-bond acceptors (Lipinski definition) is 6. The summed E-state index contributed by atoms with van der Waals surface area (Å²) in [5.41, 5.74) is 4.57. The molecule has 1 aromatic heterocycles. The van der Waals surface area contributed by atoms with Crippen LogP contribution in [-0.4, -0.2) is 42.4 Å². The molecule has 5 rings (SSSR count). The van der Waals surface area contributed by atoms with Crippen molar-refractivity contribution in [3.05, 3.63) is 95.2 Å². The van der Waals surface area contributed by atoms with Gasteiger partial charge in [-0.05, 0) is 68.4 Å². The van der Waals surface area contributed by atoms with Gasteiger partial charge in [-0.2, -0.15) is 5.10 Å². The molecule has 3 aromatic carbocycles. The fraction of sp³-hybridized carbons (Fsp3) is 0.207. The third-order valence-corrected chi connectivity index (χ3v) is 6.30. The Morgan fingerprint density at radius 2 is 1.70 bits per heavy atom. The van der Waals surface area contributed by atoms with Gasteiger partial charge in [-0.3, -0.25) is 14.8 Å². The Morgan fingerprint density at radius 1 is 0.973 bits per heavy atom. The number of esters is 1. The molecule has 0 saturated carbocycles. The summed E-state index contributed by atoms with van der Waals surface area (Å²) in [5, 5.41) is 7.51. The summed E-state index contributed by atoms with van der Waals surface area (Å²) in [5.74, 6) is 0.786. The molecule has 0 aliphatic carbocycles. The number of carbonyl (C=O) groups is 2. The second kappa shape index (κ2) is 10.2. The van der Waals surface area contributed by atoms with E-state index in [-0.39, 0.29) is 12.5 Å². The number of hydrogen-bond donors (Lipinski definition) is 1. The molecule has 0 spiro atoms. The molecule has 1 unspecified atom stereocenters. The summed E-state index contributed by atoms with van der Waals surface area (Å²) < 4.78 is 16.4. The third-order valence-electron chi connectivity index (χ3n) is 6.30. The lowest BCUT2D eigenvalue weighted by atomic mass is 9.95. The van der Waals surface area contributed by atoms with Crippen LogP contribution in [-0.2, 0) is 4.74 Å². The number of nitrogens with one attached hydrogen (secondary N) is 1. The van der Waals surface area contributed by atoms with Crippen molar-refractivity contribution in [3.8, 4) is 22.8 Å². The highest BCUT2D eigenvalue weighted by Crippen LogP contribution is 2.47. The first kappa shape index (κ1) is 24.1. The molecule has 1 aliphatic rings. The zero-order chi connectivity index (χ0) is 25.9. The van der Waals surface area contributed by atoms with Crippen LogP contribution in [0.15, 0.2) is 72.8 Å². The van der Waals surface area contributed by atoms with Crippen LogP contribution < -0.4 is 14.4 Å². The minimum absolute atomic E-state index is 0.223. The van der Waals surface area contributed by atoms with Crippen molar-refractivity contribution in [1.82, 2.24) is 10.2 Å². The Morgan fingerprint density at radius 3 is 2.38 bits per heavy atom. The highest BCUT2D eigenvalue weighted by atomic mass is 16.5. The van der Waals surface area contributed by atoms with Gasteiger partial charge in [0.2, 0.25) is 0 Å². The van der Waals surface area contributed by atoms with Crippen LogP contribution >= 0.6 is 0 Å². The summed E-state index contributed by atoms with van der Waals surface area (Å²) >= 11 is 0. The third kappa shape index (κ3) is 4.31. The summed E-state index contributed by atoms with van der Waals surface area (Å²) in [7, 11) is 1.61. The minimum atomic E-state index is -0.507. The second-order valence-electron chi connectivity index (χ2n) is 8.41. The Hall–Kier alpha value is -4.59. The van der Waals surface area contributed by atoms with Crippen LogP contribution in [0.4, 0.5) is 5.69 Å². The number of H-pyrrole nitrogens is 1. The van der Waals surface area contributed by atoms with Crippen LogP contribution in [0.1, 0.15) is 51.9 Å². The molecule has 2 heterocycles. The van der Waals surface area contributed by atoms with E-state index in [1.54, 1.807) is 43.2 Å². The van der Waals surface area contributed by atoms with Gasteiger partial charge < -0.3 is 14.2 Å². The maximum Gasteiger partial charge on any atom is 0.338 e. The van der Waals surface area contributed by atoms with E-state index in [2.05, 4.69) is 10.2 Å². The van der Waals surface area contributed by atoms with E-state index in [1.165, 1.54) is 0 Å².